The first-order valence-electron chi connectivity index (χ1n) is 9.57. The number of Topliss-reactive ketones (excluding diaryl/α,β-unsaturated/α-hetero) is 1. The number of carbonyl (C=O) groups excluding carboxylic acids is 2. The third kappa shape index (κ3) is 5.95. The fraction of sp³-hybridized carbons (Fsp3) is 0.300. The Morgan fingerprint density at radius 1 is 0.938 bits per heavy atom. The molecule has 0 atom stereocenters. The van der Waals surface area contributed by atoms with Crippen LogP contribution in [0.2, 0.25) is 0 Å². The van der Waals surface area contributed by atoms with Crippen molar-refractivity contribution in [2.45, 2.75) is 16.7 Å². The Labute approximate surface area is 191 Å². The molecule has 172 valence electrons. The smallest absolute Gasteiger partial charge is 0.261 e. The number of ketones is 1. The maximum Gasteiger partial charge on any atom is 0.261 e. The Bertz CT molecular complexity index is 1190. The second-order valence-electron chi connectivity index (χ2n) is 6.87. The summed E-state index contributed by atoms with van der Waals surface area (Å²) in [6, 6.07) is 10.8. The number of carbonyl (C=O) groups is 2. The van der Waals surface area contributed by atoms with Crippen molar-refractivity contribution in [3.63, 3.8) is 0 Å². The number of anilines is 1. The van der Waals surface area contributed by atoms with E-state index in [-0.39, 0.29) is 45.2 Å². The molecule has 1 fully saturated rings. The van der Waals surface area contributed by atoms with Crippen molar-refractivity contribution in [2.24, 2.45) is 0 Å². The number of ether oxygens (including phenoxy) is 1. The van der Waals surface area contributed by atoms with Crippen molar-refractivity contribution in [1.29, 1.82) is 0 Å². The van der Waals surface area contributed by atoms with Crippen LogP contribution in [0.3, 0.4) is 0 Å². The van der Waals surface area contributed by atoms with Crippen LogP contribution in [0, 0.1) is 0 Å². The van der Waals surface area contributed by atoms with Gasteiger partial charge in [0.05, 0.1) is 28.8 Å². The highest BCUT2D eigenvalue weighted by Gasteiger charge is 2.27. The second kappa shape index (κ2) is 10.1. The molecule has 1 aliphatic heterocycles. The van der Waals surface area contributed by atoms with Crippen molar-refractivity contribution in [3.8, 4) is 0 Å². The first kappa shape index (κ1) is 24.4. The van der Waals surface area contributed by atoms with E-state index in [1.54, 1.807) is 0 Å². The molecule has 1 saturated heterocycles. The van der Waals surface area contributed by atoms with Crippen molar-refractivity contribution in [1.82, 2.24) is 4.31 Å². The summed E-state index contributed by atoms with van der Waals surface area (Å²) in [6.45, 7) is 2.50. The van der Waals surface area contributed by atoms with Gasteiger partial charge in [-0.05, 0) is 48.5 Å². The molecular weight excluding hydrogens is 476 g/mol. The van der Waals surface area contributed by atoms with Gasteiger partial charge in [0.1, 0.15) is 0 Å². The van der Waals surface area contributed by atoms with Gasteiger partial charge in [0.2, 0.25) is 10.0 Å². The predicted molar refractivity (Wildman–Crippen MR) is 121 cm³/mol. The SMILES string of the molecule is CC(=O)SCC(=O)c1ccc(NS(=O)(=O)c2ccc(S(=O)(=O)N3CCOCC3)cc2)cc1. The molecule has 32 heavy (non-hydrogen) atoms. The summed E-state index contributed by atoms with van der Waals surface area (Å²) < 4.78 is 59.5. The molecule has 0 aliphatic carbocycles. The van der Waals surface area contributed by atoms with Gasteiger partial charge in [-0.25, -0.2) is 16.8 Å². The Balaban J connectivity index is 1.70. The van der Waals surface area contributed by atoms with E-state index in [1.807, 2.05) is 0 Å². The topological polar surface area (TPSA) is 127 Å². The van der Waals surface area contributed by atoms with Gasteiger partial charge < -0.3 is 4.74 Å². The minimum absolute atomic E-state index is 0.00430. The van der Waals surface area contributed by atoms with Crippen LogP contribution in [0.1, 0.15) is 17.3 Å². The molecule has 9 nitrogen and oxygen atoms in total. The van der Waals surface area contributed by atoms with Crippen LogP contribution in [0.25, 0.3) is 0 Å². The van der Waals surface area contributed by atoms with Crippen LogP contribution < -0.4 is 4.72 Å². The number of rotatable bonds is 8. The Morgan fingerprint density at radius 2 is 1.50 bits per heavy atom. The highest BCUT2D eigenvalue weighted by Crippen LogP contribution is 2.22. The summed E-state index contributed by atoms with van der Waals surface area (Å²) >= 11 is 0.905. The standard InChI is InChI=1S/C20H22N2O7S3/c1-15(23)30-14-20(24)16-2-4-17(5-3-16)21-31(25,26)18-6-8-19(9-7-18)32(27,28)22-10-12-29-13-11-22/h2-9,21H,10-14H2,1H3. The van der Waals surface area contributed by atoms with Crippen LogP contribution in [-0.4, -0.2) is 64.1 Å². The average Bonchev–Trinajstić information content (AvgIpc) is 2.78. The quantitative estimate of drug-likeness (QED) is 0.548. The minimum Gasteiger partial charge on any atom is -0.379 e. The summed E-state index contributed by atoms with van der Waals surface area (Å²) in [5.41, 5.74) is 0.602. The summed E-state index contributed by atoms with van der Waals surface area (Å²) in [4.78, 5) is 22.9. The molecule has 0 radical (unpaired) electrons. The van der Waals surface area contributed by atoms with Crippen molar-refractivity contribution < 1.29 is 31.2 Å². The lowest BCUT2D eigenvalue weighted by atomic mass is 10.1. The largest absolute Gasteiger partial charge is 0.379 e. The lowest BCUT2D eigenvalue weighted by Crippen LogP contribution is -2.40. The highest BCUT2D eigenvalue weighted by molar-refractivity contribution is 8.14. The molecule has 0 amide bonds. The summed E-state index contributed by atoms with van der Waals surface area (Å²) in [5, 5.41) is -0.161. The number of benzene rings is 2. The van der Waals surface area contributed by atoms with Crippen molar-refractivity contribution >= 4 is 48.4 Å². The van der Waals surface area contributed by atoms with Crippen LogP contribution in [0.4, 0.5) is 5.69 Å². The van der Waals surface area contributed by atoms with Gasteiger partial charge in [-0.2, -0.15) is 4.31 Å². The monoisotopic (exact) mass is 498 g/mol. The van der Waals surface area contributed by atoms with Gasteiger partial charge >= 0.3 is 0 Å². The highest BCUT2D eigenvalue weighted by atomic mass is 32.2. The molecule has 0 spiro atoms. The molecule has 0 aromatic heterocycles. The van der Waals surface area contributed by atoms with E-state index in [1.165, 1.54) is 59.8 Å². The molecule has 12 heteroatoms. The fourth-order valence-electron chi connectivity index (χ4n) is 2.92. The van der Waals surface area contributed by atoms with E-state index in [2.05, 4.69) is 4.72 Å². The number of thioether (sulfide) groups is 1. The Hall–Kier alpha value is -2.25. The predicted octanol–water partition coefficient (Wildman–Crippen LogP) is 1.97. The van der Waals surface area contributed by atoms with Gasteiger partial charge in [-0.3, -0.25) is 14.3 Å². The Kier molecular flexibility index (Phi) is 7.72. The third-order valence-corrected chi connectivity index (χ3v) is 8.73. The van der Waals surface area contributed by atoms with Crippen LogP contribution in [-0.2, 0) is 29.6 Å². The molecule has 1 aliphatic rings. The summed E-state index contributed by atoms with van der Waals surface area (Å²) in [5.74, 6) is -0.225. The lowest BCUT2D eigenvalue weighted by Gasteiger charge is -2.26. The van der Waals surface area contributed by atoms with Crippen LogP contribution in [0.5, 0.6) is 0 Å². The van der Waals surface area contributed by atoms with Gasteiger partial charge in [-0.15, -0.1) is 0 Å². The minimum atomic E-state index is -3.97. The molecule has 0 unspecified atom stereocenters. The summed E-state index contributed by atoms with van der Waals surface area (Å²) in [6.07, 6.45) is 0. The van der Waals surface area contributed by atoms with E-state index < -0.39 is 20.0 Å². The molecule has 0 bridgehead atoms. The molecule has 3 rings (SSSR count). The maximum atomic E-state index is 12.7. The van der Waals surface area contributed by atoms with Crippen molar-refractivity contribution in [3.05, 3.63) is 54.1 Å². The van der Waals surface area contributed by atoms with Crippen LogP contribution >= 0.6 is 11.8 Å². The summed E-state index contributed by atoms with van der Waals surface area (Å²) in [7, 11) is -7.69. The zero-order chi connectivity index (χ0) is 23.4. The van der Waals surface area contributed by atoms with E-state index in [9.17, 15) is 26.4 Å². The first-order chi connectivity index (χ1) is 15.1. The lowest BCUT2D eigenvalue weighted by molar-refractivity contribution is -0.109. The van der Waals surface area contributed by atoms with Gasteiger partial charge in [-0.1, -0.05) is 11.8 Å². The molecule has 1 N–H and O–H groups in total. The number of morpholine rings is 1. The van der Waals surface area contributed by atoms with E-state index in [0.29, 0.717) is 18.8 Å². The number of hydrogen-bond donors (Lipinski definition) is 1. The average molecular weight is 499 g/mol. The number of nitrogens with one attached hydrogen (secondary N) is 1. The number of nitrogens with zero attached hydrogens (tertiary/aromatic N) is 1. The molecule has 0 saturated carbocycles. The van der Waals surface area contributed by atoms with Gasteiger partial charge in [0, 0.05) is 31.3 Å². The molecule has 2 aromatic rings. The molecule has 1 heterocycles. The van der Waals surface area contributed by atoms with Gasteiger partial charge in [0.25, 0.3) is 10.0 Å². The van der Waals surface area contributed by atoms with Crippen LogP contribution in [0.15, 0.2) is 58.3 Å². The maximum absolute atomic E-state index is 12.7. The zero-order valence-corrected chi connectivity index (χ0v) is 19.6. The first-order valence-corrected chi connectivity index (χ1v) is 13.5. The fourth-order valence-corrected chi connectivity index (χ4v) is 5.88. The van der Waals surface area contributed by atoms with E-state index in [4.69, 9.17) is 4.74 Å². The number of sulfonamides is 2. The second-order valence-corrected chi connectivity index (χ2v) is 11.6. The van der Waals surface area contributed by atoms with E-state index in [0.717, 1.165) is 11.8 Å². The van der Waals surface area contributed by atoms with E-state index >= 15 is 0 Å². The molecule has 2 aromatic carbocycles. The third-order valence-electron chi connectivity index (χ3n) is 4.61. The van der Waals surface area contributed by atoms with Crippen molar-refractivity contribution in [2.75, 3.05) is 36.8 Å². The van der Waals surface area contributed by atoms with Gasteiger partial charge in [0.15, 0.2) is 10.9 Å². The zero-order valence-electron chi connectivity index (χ0n) is 17.2. The molecular formula is C20H22N2O7S3. The number of hydrogen-bond acceptors (Lipinski definition) is 8. The Morgan fingerprint density at radius 3 is 2.06 bits per heavy atom. The normalized spacial score (nSPS) is 15.3.